The van der Waals surface area contributed by atoms with Crippen LogP contribution in [-0.4, -0.2) is 65.7 Å². The van der Waals surface area contributed by atoms with Crippen molar-refractivity contribution in [2.75, 3.05) is 26.2 Å². The van der Waals surface area contributed by atoms with E-state index in [1.807, 2.05) is 0 Å². The number of unbranched alkanes of at least 4 members (excludes halogenated alkanes) is 6. The summed E-state index contributed by atoms with van der Waals surface area (Å²) in [6, 6.07) is 0. The van der Waals surface area contributed by atoms with Crippen LogP contribution >= 0.6 is 0 Å². The number of aliphatic hydroxyl groups excluding tert-OH is 2. The highest BCUT2D eigenvalue weighted by Gasteiger charge is 2.59. The highest BCUT2D eigenvalue weighted by molar-refractivity contribution is 5.67. The second-order valence-corrected chi connectivity index (χ2v) is 19.9. The number of nitrogens with one attached hydrogen (secondary N) is 1. The van der Waals surface area contributed by atoms with E-state index in [1.165, 1.54) is 77.0 Å². The maximum atomic E-state index is 13.1. The summed E-state index contributed by atoms with van der Waals surface area (Å²) in [5, 5.41) is 24.6. The molecule has 11 atom stereocenters. The molecule has 6 heteroatoms. The number of nitrogens with zero attached hydrogens (tertiary/aromatic N) is 1. The molecule has 0 aromatic rings. The molecule has 0 spiro atoms. The minimum atomic E-state index is -0.411. The third-order valence-electron chi connectivity index (χ3n) is 16.0. The average molecular weight is 757 g/mol. The van der Waals surface area contributed by atoms with Crippen LogP contribution in [0.5, 0.6) is 0 Å². The van der Waals surface area contributed by atoms with Gasteiger partial charge in [-0.05, 0) is 116 Å². The summed E-state index contributed by atoms with van der Waals surface area (Å²) >= 11 is 0. The third-order valence-corrected chi connectivity index (χ3v) is 16.0. The van der Waals surface area contributed by atoms with E-state index >= 15 is 0 Å². The molecule has 4 aliphatic rings. The van der Waals surface area contributed by atoms with Crippen LogP contribution in [0.1, 0.15) is 190 Å². The number of ether oxygens (including phenoxy) is 1. The summed E-state index contributed by atoms with van der Waals surface area (Å²) in [6.45, 7) is 21.6. The lowest BCUT2D eigenvalue weighted by Crippen LogP contribution is -2.51. The van der Waals surface area contributed by atoms with Crippen LogP contribution in [0.4, 0.5) is 4.79 Å². The molecule has 0 aromatic carbocycles. The number of allylic oxidation sites excluding steroid dienone is 1. The highest BCUT2D eigenvalue weighted by atomic mass is 16.6. The maximum Gasteiger partial charge on any atom is 0.407 e. The zero-order valence-electron chi connectivity index (χ0n) is 36.7. The van der Waals surface area contributed by atoms with Crippen molar-refractivity contribution in [2.45, 2.75) is 209 Å². The molecular formula is C48H88N2O4. The predicted octanol–water partition coefficient (Wildman–Crippen LogP) is 11.7. The Labute approximate surface area is 333 Å². The molecule has 3 fully saturated rings. The van der Waals surface area contributed by atoms with Crippen molar-refractivity contribution in [3.8, 4) is 0 Å². The number of amides is 1. The average Bonchev–Trinajstić information content (AvgIpc) is 3.49. The van der Waals surface area contributed by atoms with Gasteiger partial charge < -0.3 is 20.3 Å². The molecule has 4 aliphatic carbocycles. The summed E-state index contributed by atoms with van der Waals surface area (Å²) < 4.78 is 6.10. The van der Waals surface area contributed by atoms with Crippen molar-refractivity contribution in [3.05, 3.63) is 11.6 Å². The van der Waals surface area contributed by atoms with Gasteiger partial charge in [0.1, 0.15) is 6.10 Å². The van der Waals surface area contributed by atoms with E-state index in [9.17, 15) is 15.0 Å². The van der Waals surface area contributed by atoms with Crippen LogP contribution < -0.4 is 5.32 Å². The topological polar surface area (TPSA) is 82.0 Å². The first-order valence-electron chi connectivity index (χ1n) is 23.6. The fourth-order valence-corrected chi connectivity index (χ4v) is 12.5. The van der Waals surface area contributed by atoms with Crippen LogP contribution in [0.25, 0.3) is 0 Å². The molecule has 54 heavy (non-hydrogen) atoms. The van der Waals surface area contributed by atoms with Crippen molar-refractivity contribution in [2.24, 2.45) is 52.3 Å². The van der Waals surface area contributed by atoms with Crippen LogP contribution in [0, 0.1) is 52.3 Å². The first kappa shape index (κ1) is 45.6. The Bertz CT molecular complexity index is 1110. The monoisotopic (exact) mass is 757 g/mol. The van der Waals surface area contributed by atoms with Gasteiger partial charge in [-0.3, -0.25) is 4.90 Å². The number of rotatable bonds is 24. The zero-order valence-corrected chi connectivity index (χ0v) is 36.7. The molecule has 1 amide bonds. The molecule has 4 rings (SSSR count). The molecule has 6 nitrogen and oxygen atoms in total. The first-order valence-corrected chi connectivity index (χ1v) is 23.6. The summed E-state index contributed by atoms with van der Waals surface area (Å²) in [6.07, 6.45) is 26.0. The molecule has 0 aliphatic heterocycles. The van der Waals surface area contributed by atoms with Crippen LogP contribution in [0.15, 0.2) is 11.6 Å². The smallest absolute Gasteiger partial charge is 0.407 e. The van der Waals surface area contributed by atoms with Gasteiger partial charge in [0.05, 0.1) is 12.2 Å². The molecular weight excluding hydrogens is 669 g/mol. The van der Waals surface area contributed by atoms with Gasteiger partial charge in [0, 0.05) is 32.6 Å². The summed E-state index contributed by atoms with van der Waals surface area (Å²) in [7, 11) is 0. The lowest BCUT2D eigenvalue weighted by molar-refractivity contribution is -0.0583. The van der Waals surface area contributed by atoms with Crippen LogP contribution in [0.2, 0.25) is 0 Å². The molecule has 0 saturated heterocycles. The number of aliphatic hydroxyl groups is 2. The van der Waals surface area contributed by atoms with E-state index in [0.717, 1.165) is 99.2 Å². The van der Waals surface area contributed by atoms with Crippen molar-refractivity contribution in [1.82, 2.24) is 10.2 Å². The molecule has 314 valence electrons. The Kier molecular flexibility index (Phi) is 18.7. The Hall–Kier alpha value is -1.11. The van der Waals surface area contributed by atoms with E-state index in [1.54, 1.807) is 5.57 Å². The molecule has 0 radical (unpaired) electrons. The maximum absolute atomic E-state index is 13.1. The SMILES string of the molecule is CCCCCCC(O)CN(CCNC(=O)O[C@H]1CC[C@@]2(C)C(=CC[C@H]3[C@@H]4CC[C@H]([C@H](C)CC[C@@H](CC)C(C)C)[C@@]4(C)CC[C@@H]32)C1)CC(O)CCCCCC. The molecule has 3 N–H and O–H groups in total. The Balaban J connectivity index is 1.26. The number of carbonyl (C=O) groups is 1. The van der Waals surface area contributed by atoms with E-state index in [-0.39, 0.29) is 17.6 Å². The minimum Gasteiger partial charge on any atom is -0.446 e. The molecule has 0 aromatic heterocycles. The number of alkyl carbamates (subject to hydrolysis) is 1. The lowest BCUT2D eigenvalue weighted by Gasteiger charge is -2.58. The predicted molar refractivity (Wildman–Crippen MR) is 226 cm³/mol. The largest absolute Gasteiger partial charge is 0.446 e. The zero-order chi connectivity index (χ0) is 39.3. The minimum absolute atomic E-state index is 0.0600. The fraction of sp³-hybridized carbons (Fsp3) is 0.938. The van der Waals surface area contributed by atoms with Crippen molar-refractivity contribution >= 4 is 6.09 Å². The van der Waals surface area contributed by atoms with Gasteiger partial charge in [-0.15, -0.1) is 0 Å². The highest BCUT2D eigenvalue weighted by Crippen LogP contribution is 2.67. The van der Waals surface area contributed by atoms with Crippen LogP contribution in [-0.2, 0) is 4.74 Å². The number of fused-ring (bicyclic) bond motifs is 5. The summed E-state index contributed by atoms with van der Waals surface area (Å²) in [5.41, 5.74) is 2.30. The number of hydrogen-bond donors (Lipinski definition) is 3. The molecule has 3 saturated carbocycles. The first-order chi connectivity index (χ1) is 25.9. The Morgan fingerprint density at radius 3 is 2.13 bits per heavy atom. The Morgan fingerprint density at radius 2 is 1.52 bits per heavy atom. The van der Waals surface area contributed by atoms with E-state index in [0.29, 0.717) is 31.6 Å². The van der Waals surface area contributed by atoms with Crippen molar-refractivity contribution in [1.29, 1.82) is 0 Å². The summed E-state index contributed by atoms with van der Waals surface area (Å²) in [5.74, 6) is 5.80. The van der Waals surface area contributed by atoms with E-state index < -0.39 is 12.2 Å². The van der Waals surface area contributed by atoms with Gasteiger partial charge in [-0.25, -0.2) is 4.79 Å². The van der Waals surface area contributed by atoms with Gasteiger partial charge >= 0.3 is 6.09 Å². The van der Waals surface area contributed by atoms with Crippen LogP contribution in [0.3, 0.4) is 0 Å². The van der Waals surface area contributed by atoms with E-state index in [4.69, 9.17) is 4.74 Å². The lowest BCUT2D eigenvalue weighted by atomic mass is 9.47. The van der Waals surface area contributed by atoms with Gasteiger partial charge in [0.2, 0.25) is 0 Å². The third kappa shape index (κ3) is 12.2. The molecule has 0 heterocycles. The fourth-order valence-electron chi connectivity index (χ4n) is 12.5. The van der Waals surface area contributed by atoms with Crippen molar-refractivity contribution in [3.63, 3.8) is 0 Å². The molecule has 2 unspecified atom stereocenters. The van der Waals surface area contributed by atoms with Gasteiger partial charge in [0.25, 0.3) is 0 Å². The molecule has 0 bridgehead atoms. The Morgan fingerprint density at radius 1 is 0.852 bits per heavy atom. The second kappa shape index (κ2) is 22.2. The number of carbonyl (C=O) groups excluding carboxylic acids is 1. The number of hydrogen-bond acceptors (Lipinski definition) is 5. The van der Waals surface area contributed by atoms with Gasteiger partial charge in [-0.1, -0.05) is 131 Å². The normalized spacial score (nSPS) is 31.6. The van der Waals surface area contributed by atoms with Gasteiger partial charge in [0.15, 0.2) is 0 Å². The van der Waals surface area contributed by atoms with Crippen molar-refractivity contribution < 1.29 is 19.7 Å². The standard InChI is InChI=1S/C48H88N2O4/c1-9-12-14-16-18-39(51)33-50(34-40(52)19-17-15-13-10-2)31-30-49-46(53)54-41-26-28-47(7)38(32-41)22-23-42-44-25-24-43(48(44,8)29-27-45(42)47)36(6)20-21-37(11-3)35(4)5/h22,35-37,39-45,51-52H,9-21,23-34H2,1-8H3,(H,49,53)/t36-,37-,39?,40?,41+,42+,43-,44+,45+,47+,48-/m1/s1. The van der Waals surface area contributed by atoms with E-state index in [2.05, 4.69) is 71.7 Å². The second-order valence-electron chi connectivity index (χ2n) is 19.9. The summed E-state index contributed by atoms with van der Waals surface area (Å²) in [4.78, 5) is 15.3. The quantitative estimate of drug-likeness (QED) is 0.0675. The van der Waals surface area contributed by atoms with Gasteiger partial charge in [-0.2, -0.15) is 0 Å².